The second kappa shape index (κ2) is 8.19. The Balaban J connectivity index is 1.97. The summed E-state index contributed by atoms with van der Waals surface area (Å²) in [5.41, 5.74) is 2.14. The van der Waals surface area contributed by atoms with E-state index in [0.717, 1.165) is 11.1 Å². The van der Waals surface area contributed by atoms with Crippen LogP contribution in [-0.2, 0) is 14.3 Å². The Morgan fingerprint density at radius 3 is 2.13 bits per heavy atom. The lowest BCUT2D eigenvalue weighted by Crippen LogP contribution is -2.35. The summed E-state index contributed by atoms with van der Waals surface area (Å²) in [6.45, 7) is 2.52. The van der Waals surface area contributed by atoms with Gasteiger partial charge in [0.15, 0.2) is 23.0 Å². The van der Waals surface area contributed by atoms with Crippen LogP contribution in [0.2, 0.25) is 0 Å². The van der Waals surface area contributed by atoms with Gasteiger partial charge in [0.2, 0.25) is 5.75 Å². The van der Waals surface area contributed by atoms with Gasteiger partial charge in [-0.05, 0) is 47.9 Å². The van der Waals surface area contributed by atoms with Crippen LogP contribution in [0.4, 0.5) is 0 Å². The average molecular weight is 430 g/mol. The van der Waals surface area contributed by atoms with Crippen LogP contribution >= 0.6 is 0 Å². The lowest BCUT2D eigenvalue weighted by Gasteiger charge is -2.39. The fourth-order valence-electron chi connectivity index (χ4n) is 4.82. The van der Waals surface area contributed by atoms with Gasteiger partial charge in [-0.15, -0.1) is 0 Å². The smallest absolute Gasteiger partial charge is 0.310 e. The van der Waals surface area contributed by atoms with E-state index in [-0.39, 0.29) is 30.0 Å². The largest absolute Gasteiger partial charge is 0.504 e. The summed E-state index contributed by atoms with van der Waals surface area (Å²) in [7, 11) is 4.57. The number of ether oxygens (including phenoxy) is 5. The highest BCUT2D eigenvalue weighted by molar-refractivity contribution is 5.79. The van der Waals surface area contributed by atoms with E-state index in [9.17, 15) is 15.0 Å². The van der Waals surface area contributed by atoms with E-state index < -0.39 is 17.9 Å². The molecule has 1 fully saturated rings. The summed E-state index contributed by atoms with van der Waals surface area (Å²) in [5.74, 6) is -0.724. The Hall–Kier alpha value is -3.13. The molecule has 31 heavy (non-hydrogen) atoms. The quantitative estimate of drug-likeness (QED) is 0.532. The predicted molar refractivity (Wildman–Crippen MR) is 110 cm³/mol. The van der Waals surface area contributed by atoms with Crippen molar-refractivity contribution >= 4 is 5.97 Å². The maximum atomic E-state index is 12.9. The minimum atomic E-state index is -0.532. The van der Waals surface area contributed by atoms with E-state index >= 15 is 0 Å². The third-order valence-corrected chi connectivity index (χ3v) is 6.11. The van der Waals surface area contributed by atoms with Gasteiger partial charge >= 0.3 is 5.97 Å². The first-order valence-electron chi connectivity index (χ1n) is 10.1. The first kappa shape index (κ1) is 21.1. The van der Waals surface area contributed by atoms with Gasteiger partial charge < -0.3 is 33.9 Å². The van der Waals surface area contributed by atoms with E-state index in [0.29, 0.717) is 29.4 Å². The number of phenols is 2. The monoisotopic (exact) mass is 430 g/mol. The lowest BCUT2D eigenvalue weighted by molar-refractivity contribution is -0.141. The van der Waals surface area contributed by atoms with E-state index in [2.05, 4.69) is 0 Å². The summed E-state index contributed by atoms with van der Waals surface area (Å²) in [4.78, 5) is 12.9. The number of carbonyl (C=O) groups excluding carboxylic acids is 1. The van der Waals surface area contributed by atoms with Crippen molar-refractivity contribution < 1.29 is 38.7 Å². The van der Waals surface area contributed by atoms with Gasteiger partial charge in [0.1, 0.15) is 0 Å². The highest BCUT2D eigenvalue weighted by Crippen LogP contribution is 2.55. The minimum absolute atomic E-state index is 0.218. The normalized spacial score (nSPS) is 24.2. The number of benzene rings is 2. The second-order valence-electron chi connectivity index (χ2n) is 7.60. The van der Waals surface area contributed by atoms with Crippen molar-refractivity contribution in [3.8, 4) is 28.7 Å². The lowest BCUT2D eigenvalue weighted by atomic mass is 9.66. The molecule has 8 nitrogen and oxygen atoms in total. The Bertz CT molecular complexity index is 976. The standard InChI is InChI=1S/C23H26O8/c1-5-30-21-13-9-16(25)15(24)8-12(13)19(20-14(21)10-31-23(20)26)11-6-17(27-2)22(29-4)18(7-11)28-3/h6-9,14,19-21,24-25H,5,10H2,1-4H3/t14?,19-,20+,21-/m1/s1. The fraction of sp³-hybridized carbons (Fsp3) is 0.435. The number of esters is 1. The van der Waals surface area contributed by atoms with Gasteiger partial charge in [0.05, 0.1) is 40.0 Å². The molecule has 1 saturated heterocycles. The number of methoxy groups -OCH3 is 3. The molecular weight excluding hydrogens is 404 g/mol. The van der Waals surface area contributed by atoms with Crippen molar-refractivity contribution in [2.45, 2.75) is 18.9 Å². The van der Waals surface area contributed by atoms with Gasteiger partial charge in [0.25, 0.3) is 0 Å². The van der Waals surface area contributed by atoms with Crippen molar-refractivity contribution in [1.82, 2.24) is 0 Å². The SMILES string of the molecule is CCO[C@@H]1c2cc(O)c(O)cc2[C@@H](c2cc(OC)c(OC)c(OC)c2)[C@H]2C(=O)OCC12. The maximum absolute atomic E-state index is 12.9. The maximum Gasteiger partial charge on any atom is 0.310 e. The van der Waals surface area contributed by atoms with Crippen LogP contribution in [0.3, 0.4) is 0 Å². The van der Waals surface area contributed by atoms with Crippen LogP contribution in [0.5, 0.6) is 28.7 Å². The molecule has 2 aliphatic rings. The Labute approximate surface area is 180 Å². The highest BCUT2D eigenvalue weighted by atomic mass is 16.5. The van der Waals surface area contributed by atoms with Crippen LogP contribution in [-0.4, -0.2) is 50.7 Å². The third-order valence-electron chi connectivity index (χ3n) is 6.11. The molecule has 8 heteroatoms. The minimum Gasteiger partial charge on any atom is -0.504 e. The molecule has 1 aliphatic carbocycles. The van der Waals surface area contributed by atoms with Gasteiger partial charge in [-0.1, -0.05) is 0 Å². The predicted octanol–water partition coefficient (Wildman–Crippen LogP) is 3.14. The zero-order valence-corrected chi connectivity index (χ0v) is 17.9. The number of cyclic esters (lactones) is 1. The van der Waals surface area contributed by atoms with Crippen LogP contribution in [0.15, 0.2) is 24.3 Å². The molecule has 0 spiro atoms. The van der Waals surface area contributed by atoms with Gasteiger partial charge in [-0.3, -0.25) is 4.79 Å². The third kappa shape index (κ3) is 3.31. The number of hydrogen-bond donors (Lipinski definition) is 2. The Morgan fingerprint density at radius 1 is 0.968 bits per heavy atom. The number of phenolic OH excluding ortho intramolecular Hbond substituents is 2. The molecule has 1 heterocycles. The molecule has 4 atom stereocenters. The molecule has 2 aromatic carbocycles. The molecule has 0 amide bonds. The first-order valence-corrected chi connectivity index (χ1v) is 10.1. The zero-order valence-electron chi connectivity index (χ0n) is 17.9. The first-order chi connectivity index (χ1) is 14.9. The molecule has 166 valence electrons. The van der Waals surface area contributed by atoms with Crippen molar-refractivity contribution in [3.63, 3.8) is 0 Å². The van der Waals surface area contributed by atoms with Crippen molar-refractivity contribution in [2.24, 2.45) is 11.8 Å². The summed E-state index contributed by atoms with van der Waals surface area (Å²) >= 11 is 0. The summed E-state index contributed by atoms with van der Waals surface area (Å²) < 4.78 is 27.9. The molecule has 4 rings (SSSR count). The Morgan fingerprint density at radius 2 is 1.58 bits per heavy atom. The molecule has 0 saturated carbocycles. The number of aromatic hydroxyl groups is 2. The van der Waals surface area contributed by atoms with Crippen molar-refractivity contribution in [2.75, 3.05) is 34.5 Å². The number of carbonyl (C=O) groups is 1. The summed E-state index contributed by atoms with van der Waals surface area (Å²) in [5, 5.41) is 20.5. The highest BCUT2D eigenvalue weighted by Gasteiger charge is 2.52. The molecule has 0 radical (unpaired) electrons. The van der Waals surface area contributed by atoms with Crippen LogP contribution in [0.1, 0.15) is 35.6 Å². The molecule has 2 aromatic rings. The summed E-state index contributed by atoms with van der Waals surface area (Å²) in [6.07, 6.45) is -0.443. The molecule has 0 aromatic heterocycles. The molecule has 2 N–H and O–H groups in total. The van der Waals surface area contributed by atoms with E-state index in [1.807, 2.05) is 6.92 Å². The molecule has 1 unspecified atom stereocenters. The van der Waals surface area contributed by atoms with Crippen molar-refractivity contribution in [3.05, 3.63) is 41.0 Å². The number of hydrogen-bond acceptors (Lipinski definition) is 8. The molecule has 1 aliphatic heterocycles. The van der Waals surface area contributed by atoms with Crippen LogP contribution in [0.25, 0.3) is 0 Å². The molecule has 0 bridgehead atoms. The topological polar surface area (TPSA) is 104 Å². The molecular formula is C23H26O8. The Kier molecular flexibility index (Phi) is 5.58. The number of fused-ring (bicyclic) bond motifs is 2. The van der Waals surface area contributed by atoms with Crippen LogP contribution in [0, 0.1) is 11.8 Å². The van der Waals surface area contributed by atoms with Crippen molar-refractivity contribution in [1.29, 1.82) is 0 Å². The van der Waals surface area contributed by atoms with Gasteiger partial charge in [-0.25, -0.2) is 0 Å². The second-order valence-corrected chi connectivity index (χ2v) is 7.60. The summed E-state index contributed by atoms with van der Waals surface area (Å²) in [6, 6.07) is 6.59. The van der Waals surface area contributed by atoms with E-state index in [4.69, 9.17) is 23.7 Å². The van der Waals surface area contributed by atoms with Gasteiger partial charge in [-0.2, -0.15) is 0 Å². The average Bonchev–Trinajstić information content (AvgIpc) is 3.15. The fourth-order valence-corrected chi connectivity index (χ4v) is 4.82. The van der Waals surface area contributed by atoms with Gasteiger partial charge in [0, 0.05) is 18.4 Å². The van der Waals surface area contributed by atoms with Crippen LogP contribution < -0.4 is 14.2 Å². The zero-order chi connectivity index (χ0) is 22.3. The number of rotatable bonds is 6. The van der Waals surface area contributed by atoms with E-state index in [1.54, 1.807) is 12.1 Å². The van der Waals surface area contributed by atoms with E-state index in [1.165, 1.54) is 33.5 Å².